The first kappa shape index (κ1) is 26.2. The van der Waals surface area contributed by atoms with E-state index in [4.69, 9.17) is 4.74 Å². The van der Waals surface area contributed by atoms with Crippen LogP contribution in [-0.4, -0.2) is 25.3 Å². The van der Waals surface area contributed by atoms with Crippen LogP contribution in [0, 0.1) is 13.8 Å². The van der Waals surface area contributed by atoms with Gasteiger partial charge in [-0.25, -0.2) is 0 Å². The Labute approximate surface area is 227 Å². The van der Waals surface area contributed by atoms with Gasteiger partial charge in [0.05, 0.1) is 11.4 Å². The third kappa shape index (κ3) is 5.38. The molecule has 196 valence electrons. The number of nitrogens with zero attached hydrogens (tertiary/aromatic N) is 2. The number of hydrogen-bond donors (Lipinski definition) is 1. The van der Waals surface area contributed by atoms with E-state index in [2.05, 4.69) is 50.6 Å². The van der Waals surface area contributed by atoms with E-state index in [0.717, 1.165) is 33.8 Å². The molecule has 1 aromatic heterocycles. The molecule has 0 saturated heterocycles. The van der Waals surface area contributed by atoms with Crippen LogP contribution < -0.4 is 14.2 Å². The zero-order chi connectivity index (χ0) is 27.0. The molecular weight excluding hydrogens is 516 g/mol. The molecule has 6 nitrogen and oxygen atoms in total. The van der Waals surface area contributed by atoms with Crippen LogP contribution in [0.4, 0.5) is 5.69 Å². The lowest BCUT2D eigenvalue weighted by molar-refractivity contribution is -0.642. The van der Waals surface area contributed by atoms with Crippen LogP contribution in [0.2, 0.25) is 0 Å². The fraction of sp³-hybridized carbons (Fsp3) is 0.233. The number of fused-ring (bicyclic) bond motifs is 2. The quantitative estimate of drug-likeness (QED) is 0.213. The second-order valence-corrected chi connectivity index (χ2v) is 12.2. The minimum atomic E-state index is -4.15. The fourth-order valence-corrected chi connectivity index (χ4v) is 6.18. The van der Waals surface area contributed by atoms with Gasteiger partial charge >= 0.3 is 0 Å². The lowest BCUT2D eigenvalue weighted by atomic mass is 10.0. The van der Waals surface area contributed by atoms with Crippen LogP contribution in [0.3, 0.4) is 0 Å². The molecule has 5 rings (SSSR count). The molecule has 2 heterocycles. The summed E-state index contributed by atoms with van der Waals surface area (Å²) in [5.74, 6) is 0.787. The minimum absolute atomic E-state index is 0.0716. The zero-order valence-electron chi connectivity index (χ0n) is 21.9. The second kappa shape index (κ2) is 10.4. The number of benzene rings is 3. The van der Waals surface area contributed by atoms with Gasteiger partial charge in [-0.05, 0) is 66.3 Å². The first-order valence-corrected chi connectivity index (χ1v) is 15.0. The second-order valence-electron chi connectivity index (χ2n) is 9.55. The van der Waals surface area contributed by atoms with Gasteiger partial charge in [0.2, 0.25) is 11.4 Å². The van der Waals surface area contributed by atoms with Crippen molar-refractivity contribution in [1.82, 2.24) is 0 Å². The average molecular weight is 548 g/mol. The standard InChI is InChI=1S/C30H30N2O4S2/c1-5-22(18-30-31(4)26-15-20(2)21(3)16-28(26)37-30)17-29-32(13-14-38(33,34)35)25-19-24(11-12-27(25)36-29)23-9-7-6-8-10-23/h6-12,15-19H,5,13-14H2,1-4H3/p+1. The average Bonchev–Trinajstić information content (AvgIpc) is 3.38. The summed E-state index contributed by atoms with van der Waals surface area (Å²) in [5, 5.41) is 1.12. The van der Waals surface area contributed by atoms with E-state index >= 15 is 0 Å². The maximum atomic E-state index is 11.6. The van der Waals surface area contributed by atoms with Gasteiger partial charge in [0, 0.05) is 24.8 Å². The lowest BCUT2D eigenvalue weighted by Crippen LogP contribution is -2.29. The Bertz CT molecular complexity index is 1690. The summed E-state index contributed by atoms with van der Waals surface area (Å²) in [5.41, 5.74) is 7.60. The smallest absolute Gasteiger partial charge is 0.266 e. The fourth-order valence-electron chi connectivity index (χ4n) is 4.56. The number of allylic oxidation sites excluding steroid dienone is 2. The highest BCUT2D eigenvalue weighted by Gasteiger charge is 2.28. The number of aryl methyl sites for hydroxylation is 3. The highest BCUT2D eigenvalue weighted by molar-refractivity contribution is 7.85. The van der Waals surface area contributed by atoms with Crippen LogP contribution in [0.15, 0.2) is 78.2 Å². The van der Waals surface area contributed by atoms with E-state index in [1.807, 2.05) is 59.5 Å². The first-order chi connectivity index (χ1) is 18.1. The normalized spacial score (nSPS) is 14.8. The molecule has 0 fully saturated rings. The van der Waals surface area contributed by atoms with Crippen LogP contribution >= 0.6 is 11.3 Å². The number of thiazole rings is 1. The lowest BCUT2D eigenvalue weighted by Gasteiger charge is -2.18. The van der Waals surface area contributed by atoms with E-state index in [0.29, 0.717) is 11.6 Å². The van der Waals surface area contributed by atoms with E-state index in [1.54, 1.807) is 11.3 Å². The summed E-state index contributed by atoms with van der Waals surface area (Å²) in [4.78, 5) is 1.83. The Kier molecular flexibility index (Phi) is 7.13. The molecule has 1 N–H and O–H groups in total. The molecular formula is C30H31N2O4S2+. The highest BCUT2D eigenvalue weighted by atomic mass is 32.2. The van der Waals surface area contributed by atoms with Gasteiger partial charge in [0.1, 0.15) is 11.7 Å². The molecule has 0 radical (unpaired) electrons. The predicted molar refractivity (Wildman–Crippen MR) is 155 cm³/mol. The summed E-state index contributed by atoms with van der Waals surface area (Å²) < 4.78 is 42.4. The number of anilines is 1. The Morgan fingerprint density at radius 1 is 1.05 bits per heavy atom. The molecule has 0 aliphatic carbocycles. The Hall–Kier alpha value is -3.46. The van der Waals surface area contributed by atoms with E-state index in [1.165, 1.54) is 21.3 Å². The first-order valence-electron chi connectivity index (χ1n) is 12.5. The molecule has 0 atom stereocenters. The molecule has 0 amide bonds. The van der Waals surface area contributed by atoms with Crippen molar-refractivity contribution in [3.8, 4) is 16.9 Å². The third-order valence-corrected chi connectivity index (χ3v) is 8.76. The van der Waals surface area contributed by atoms with Gasteiger partial charge in [-0.15, -0.1) is 0 Å². The van der Waals surface area contributed by atoms with Crippen LogP contribution in [-0.2, 0) is 17.2 Å². The maximum Gasteiger partial charge on any atom is 0.266 e. The van der Waals surface area contributed by atoms with Crippen molar-refractivity contribution < 1.29 is 22.3 Å². The van der Waals surface area contributed by atoms with Crippen molar-refractivity contribution in [3.63, 3.8) is 0 Å². The topological polar surface area (TPSA) is 70.7 Å². The molecule has 0 unspecified atom stereocenters. The number of hydrogen-bond acceptors (Lipinski definition) is 5. The SMILES string of the molecule is CCC(/C=C1\Oc2ccc(-c3ccccc3)cc2N1CCS(=O)(=O)O)=C\c1sc2cc(C)c(C)cc2[n+]1C. The number of ether oxygens (including phenoxy) is 1. The van der Waals surface area contributed by atoms with Crippen molar-refractivity contribution in [2.24, 2.45) is 7.05 Å². The Morgan fingerprint density at radius 3 is 2.50 bits per heavy atom. The number of aromatic nitrogens is 1. The van der Waals surface area contributed by atoms with Gasteiger partial charge in [0.25, 0.3) is 15.1 Å². The van der Waals surface area contributed by atoms with Crippen LogP contribution in [0.25, 0.3) is 27.4 Å². The molecule has 0 bridgehead atoms. The monoisotopic (exact) mass is 547 g/mol. The Balaban J connectivity index is 1.55. The zero-order valence-corrected chi connectivity index (χ0v) is 23.6. The molecule has 38 heavy (non-hydrogen) atoms. The Morgan fingerprint density at radius 2 is 1.79 bits per heavy atom. The molecule has 1 aliphatic heterocycles. The van der Waals surface area contributed by atoms with Crippen molar-refractivity contribution in [1.29, 1.82) is 0 Å². The molecule has 8 heteroatoms. The highest BCUT2D eigenvalue weighted by Crippen LogP contribution is 2.42. The minimum Gasteiger partial charge on any atom is -0.439 e. The van der Waals surface area contributed by atoms with Gasteiger partial charge in [-0.3, -0.25) is 4.55 Å². The van der Waals surface area contributed by atoms with Crippen molar-refractivity contribution >= 4 is 43.4 Å². The summed E-state index contributed by atoms with van der Waals surface area (Å²) in [6, 6.07) is 20.4. The van der Waals surface area contributed by atoms with Gasteiger partial charge in [0.15, 0.2) is 5.75 Å². The van der Waals surface area contributed by atoms with Crippen molar-refractivity contribution in [2.75, 3.05) is 17.2 Å². The number of rotatable bonds is 7. The molecule has 0 spiro atoms. The molecule has 3 aromatic carbocycles. The van der Waals surface area contributed by atoms with Crippen molar-refractivity contribution in [2.45, 2.75) is 27.2 Å². The summed E-state index contributed by atoms with van der Waals surface area (Å²) in [6.45, 7) is 6.42. The molecule has 4 aromatic rings. The van der Waals surface area contributed by atoms with E-state index in [-0.39, 0.29) is 6.54 Å². The largest absolute Gasteiger partial charge is 0.439 e. The maximum absolute atomic E-state index is 11.6. The summed E-state index contributed by atoms with van der Waals surface area (Å²) in [7, 11) is -2.08. The van der Waals surface area contributed by atoms with Crippen LogP contribution in [0.5, 0.6) is 5.75 Å². The summed E-state index contributed by atoms with van der Waals surface area (Å²) >= 11 is 1.74. The van der Waals surface area contributed by atoms with E-state index < -0.39 is 15.9 Å². The van der Waals surface area contributed by atoms with Gasteiger partial charge in [-0.1, -0.05) is 54.7 Å². The molecule has 0 saturated carbocycles. The predicted octanol–water partition coefficient (Wildman–Crippen LogP) is 6.43. The van der Waals surface area contributed by atoms with Crippen molar-refractivity contribution in [3.05, 3.63) is 94.3 Å². The van der Waals surface area contributed by atoms with E-state index in [9.17, 15) is 13.0 Å². The summed E-state index contributed by atoms with van der Waals surface area (Å²) in [6.07, 6.45) is 4.88. The van der Waals surface area contributed by atoms with Crippen LogP contribution in [0.1, 0.15) is 29.5 Å². The van der Waals surface area contributed by atoms with Gasteiger partial charge < -0.3 is 9.64 Å². The third-order valence-electron chi connectivity index (χ3n) is 6.92. The molecule has 1 aliphatic rings. The van der Waals surface area contributed by atoms with Gasteiger partial charge in [-0.2, -0.15) is 13.0 Å².